The van der Waals surface area contributed by atoms with Gasteiger partial charge in [0.15, 0.2) is 0 Å². The van der Waals surface area contributed by atoms with Gasteiger partial charge in [0.05, 0.1) is 6.61 Å². The Morgan fingerprint density at radius 1 is 1.11 bits per heavy atom. The first-order chi connectivity index (χ1) is 8.92. The molecule has 2 nitrogen and oxygen atoms in total. The maximum atomic E-state index is 5.99. The van der Waals surface area contributed by atoms with Crippen LogP contribution in [-0.4, -0.2) is 13.2 Å². The lowest BCUT2D eigenvalue weighted by atomic mass is 9.90. The van der Waals surface area contributed by atoms with E-state index < -0.39 is 0 Å². The monoisotopic (exact) mass is 245 g/mol. The van der Waals surface area contributed by atoms with Gasteiger partial charge in [-0.05, 0) is 55.0 Å². The highest BCUT2D eigenvalue weighted by Gasteiger charge is 2.14. The summed E-state index contributed by atoms with van der Waals surface area (Å²) < 4.78 is 5.99. The number of hydrogen-bond donors (Lipinski definition) is 1. The van der Waals surface area contributed by atoms with Crippen LogP contribution in [0.1, 0.15) is 43.2 Å². The SMILES string of the molecule is c1cc2c(cc1OCC1CCCCC1)CCNC2. The van der Waals surface area contributed by atoms with E-state index in [1.54, 1.807) is 0 Å². The minimum absolute atomic E-state index is 0.788. The molecule has 2 heteroatoms. The second kappa shape index (κ2) is 5.75. The van der Waals surface area contributed by atoms with Crippen molar-refractivity contribution in [3.8, 4) is 5.75 Å². The van der Waals surface area contributed by atoms with Crippen molar-refractivity contribution in [3.05, 3.63) is 29.3 Å². The molecule has 0 unspecified atom stereocenters. The third-order valence-corrected chi connectivity index (χ3v) is 4.27. The summed E-state index contributed by atoms with van der Waals surface area (Å²) in [6.07, 6.45) is 8.05. The molecule has 0 atom stereocenters. The third-order valence-electron chi connectivity index (χ3n) is 4.27. The average Bonchev–Trinajstić information content (AvgIpc) is 2.46. The lowest BCUT2D eigenvalue weighted by molar-refractivity contribution is 0.208. The van der Waals surface area contributed by atoms with Gasteiger partial charge in [-0.1, -0.05) is 25.3 Å². The highest BCUT2D eigenvalue weighted by Crippen LogP contribution is 2.26. The lowest BCUT2D eigenvalue weighted by Crippen LogP contribution is -2.23. The van der Waals surface area contributed by atoms with Crippen LogP contribution in [0.2, 0.25) is 0 Å². The predicted octanol–water partition coefficient (Wildman–Crippen LogP) is 3.29. The van der Waals surface area contributed by atoms with Gasteiger partial charge in [0, 0.05) is 6.54 Å². The molecule has 98 valence electrons. The fraction of sp³-hybridized carbons (Fsp3) is 0.625. The smallest absolute Gasteiger partial charge is 0.119 e. The molecular weight excluding hydrogens is 222 g/mol. The van der Waals surface area contributed by atoms with Crippen molar-refractivity contribution in [2.75, 3.05) is 13.2 Å². The molecule has 0 amide bonds. The molecule has 0 saturated heterocycles. The van der Waals surface area contributed by atoms with Gasteiger partial charge in [-0.2, -0.15) is 0 Å². The van der Waals surface area contributed by atoms with E-state index >= 15 is 0 Å². The Hall–Kier alpha value is -1.02. The normalized spacial score (nSPS) is 20.4. The summed E-state index contributed by atoms with van der Waals surface area (Å²) in [6, 6.07) is 6.60. The van der Waals surface area contributed by atoms with Gasteiger partial charge in [0.1, 0.15) is 5.75 Å². The zero-order valence-corrected chi connectivity index (χ0v) is 11.1. The number of fused-ring (bicyclic) bond motifs is 1. The number of nitrogens with one attached hydrogen (secondary N) is 1. The molecule has 0 aromatic heterocycles. The van der Waals surface area contributed by atoms with Gasteiger partial charge in [-0.3, -0.25) is 0 Å². The van der Waals surface area contributed by atoms with E-state index in [0.717, 1.165) is 37.8 Å². The average molecular weight is 245 g/mol. The summed E-state index contributed by atoms with van der Waals surface area (Å²) in [5, 5.41) is 3.40. The van der Waals surface area contributed by atoms with E-state index in [2.05, 4.69) is 23.5 Å². The van der Waals surface area contributed by atoms with Crippen molar-refractivity contribution in [1.29, 1.82) is 0 Å². The molecular formula is C16H23NO. The molecule has 18 heavy (non-hydrogen) atoms. The molecule has 0 spiro atoms. The second-order valence-electron chi connectivity index (χ2n) is 5.67. The van der Waals surface area contributed by atoms with Gasteiger partial charge in [0.2, 0.25) is 0 Å². The van der Waals surface area contributed by atoms with Gasteiger partial charge in [-0.15, -0.1) is 0 Å². The fourth-order valence-electron chi connectivity index (χ4n) is 3.11. The molecule has 1 aliphatic carbocycles. The summed E-state index contributed by atoms with van der Waals surface area (Å²) in [7, 11) is 0. The minimum Gasteiger partial charge on any atom is -0.493 e. The maximum Gasteiger partial charge on any atom is 0.119 e. The Kier molecular flexibility index (Phi) is 3.84. The van der Waals surface area contributed by atoms with Crippen molar-refractivity contribution in [2.45, 2.75) is 45.1 Å². The molecule has 2 aliphatic rings. The lowest BCUT2D eigenvalue weighted by Gasteiger charge is -2.22. The number of hydrogen-bond acceptors (Lipinski definition) is 2. The molecule has 1 fully saturated rings. The number of rotatable bonds is 3. The van der Waals surface area contributed by atoms with E-state index in [9.17, 15) is 0 Å². The van der Waals surface area contributed by atoms with Crippen LogP contribution in [0.3, 0.4) is 0 Å². The van der Waals surface area contributed by atoms with Crippen LogP contribution < -0.4 is 10.1 Å². The van der Waals surface area contributed by atoms with Gasteiger partial charge >= 0.3 is 0 Å². The molecule has 1 aliphatic heterocycles. The van der Waals surface area contributed by atoms with Crippen LogP contribution in [0, 0.1) is 5.92 Å². The molecule has 1 saturated carbocycles. The van der Waals surface area contributed by atoms with Crippen LogP contribution >= 0.6 is 0 Å². The maximum absolute atomic E-state index is 5.99. The highest BCUT2D eigenvalue weighted by atomic mass is 16.5. The Bertz CT molecular complexity index is 396. The Morgan fingerprint density at radius 3 is 2.89 bits per heavy atom. The van der Waals surface area contributed by atoms with E-state index in [-0.39, 0.29) is 0 Å². The van der Waals surface area contributed by atoms with E-state index in [4.69, 9.17) is 4.74 Å². The zero-order valence-electron chi connectivity index (χ0n) is 11.1. The quantitative estimate of drug-likeness (QED) is 0.882. The van der Waals surface area contributed by atoms with Crippen molar-refractivity contribution < 1.29 is 4.74 Å². The Morgan fingerprint density at radius 2 is 2.00 bits per heavy atom. The Balaban J connectivity index is 1.58. The van der Waals surface area contributed by atoms with Crippen LogP contribution in [0.25, 0.3) is 0 Å². The van der Waals surface area contributed by atoms with Crippen molar-refractivity contribution in [2.24, 2.45) is 5.92 Å². The van der Waals surface area contributed by atoms with Crippen LogP contribution in [0.15, 0.2) is 18.2 Å². The van der Waals surface area contributed by atoms with E-state index in [1.165, 1.54) is 43.2 Å². The second-order valence-corrected chi connectivity index (χ2v) is 5.67. The van der Waals surface area contributed by atoms with Crippen molar-refractivity contribution in [3.63, 3.8) is 0 Å². The molecule has 0 radical (unpaired) electrons. The highest BCUT2D eigenvalue weighted by molar-refractivity contribution is 5.37. The Labute approximate surface area is 110 Å². The zero-order chi connectivity index (χ0) is 12.2. The molecule has 3 rings (SSSR count). The molecule has 0 bridgehead atoms. The van der Waals surface area contributed by atoms with Crippen molar-refractivity contribution in [1.82, 2.24) is 5.32 Å². The summed E-state index contributed by atoms with van der Waals surface area (Å²) in [5.41, 5.74) is 2.90. The molecule has 1 N–H and O–H groups in total. The van der Waals surface area contributed by atoms with Gasteiger partial charge < -0.3 is 10.1 Å². The number of ether oxygens (including phenoxy) is 1. The van der Waals surface area contributed by atoms with Gasteiger partial charge in [0.25, 0.3) is 0 Å². The summed E-state index contributed by atoms with van der Waals surface area (Å²) in [5.74, 6) is 1.86. The standard InChI is InChI=1S/C16H23NO/c1-2-4-13(5-3-1)12-18-16-7-6-15-11-17-9-8-14(15)10-16/h6-7,10,13,17H,1-5,8-9,11-12H2. The minimum atomic E-state index is 0.788. The predicted molar refractivity (Wildman–Crippen MR) is 73.9 cm³/mol. The molecule has 1 aromatic rings. The topological polar surface area (TPSA) is 21.3 Å². The summed E-state index contributed by atoms with van der Waals surface area (Å²) in [6.45, 7) is 3.02. The summed E-state index contributed by atoms with van der Waals surface area (Å²) in [4.78, 5) is 0. The first kappa shape index (κ1) is 12.0. The van der Waals surface area contributed by atoms with Crippen LogP contribution in [0.4, 0.5) is 0 Å². The van der Waals surface area contributed by atoms with Gasteiger partial charge in [-0.25, -0.2) is 0 Å². The van der Waals surface area contributed by atoms with Crippen LogP contribution in [-0.2, 0) is 13.0 Å². The largest absolute Gasteiger partial charge is 0.493 e. The summed E-state index contributed by atoms with van der Waals surface area (Å²) >= 11 is 0. The first-order valence-electron chi connectivity index (χ1n) is 7.37. The molecule has 1 heterocycles. The van der Waals surface area contributed by atoms with E-state index in [1.807, 2.05) is 0 Å². The third kappa shape index (κ3) is 2.86. The molecule has 1 aromatic carbocycles. The van der Waals surface area contributed by atoms with E-state index in [0.29, 0.717) is 0 Å². The fourth-order valence-corrected chi connectivity index (χ4v) is 3.11. The first-order valence-corrected chi connectivity index (χ1v) is 7.37. The number of benzene rings is 1. The van der Waals surface area contributed by atoms with Crippen LogP contribution in [0.5, 0.6) is 5.75 Å². The van der Waals surface area contributed by atoms with Crippen molar-refractivity contribution >= 4 is 0 Å².